The van der Waals surface area contributed by atoms with Crippen molar-refractivity contribution >= 4 is 21.6 Å². The van der Waals surface area contributed by atoms with Crippen LogP contribution in [0.2, 0.25) is 0 Å². The van der Waals surface area contributed by atoms with Crippen molar-refractivity contribution < 1.29 is 20.4 Å². The normalized spacial score (nSPS) is 11.7. The minimum Gasteiger partial charge on any atom is -0.395 e. The molecule has 0 bridgehead atoms. The molecule has 0 aliphatic carbocycles. The van der Waals surface area contributed by atoms with Crippen LogP contribution in [0.25, 0.3) is 0 Å². The highest BCUT2D eigenvalue weighted by Crippen LogP contribution is 2.20. The first-order chi connectivity index (χ1) is 9.78. The molecule has 0 rings (SSSR count). The smallest absolute Gasteiger partial charge is 0.0558 e. The Labute approximate surface area is 129 Å². The zero-order valence-electron chi connectivity index (χ0n) is 12.0. The summed E-state index contributed by atoms with van der Waals surface area (Å²) in [5.41, 5.74) is 0. The summed E-state index contributed by atoms with van der Waals surface area (Å²) in [6, 6.07) is 0. The second-order valence-corrected chi connectivity index (χ2v) is 6.92. The second kappa shape index (κ2) is 15.8. The molecule has 122 valence electrons. The van der Waals surface area contributed by atoms with Gasteiger partial charge < -0.3 is 20.4 Å². The predicted octanol–water partition coefficient (Wildman–Crippen LogP) is -1.06. The SMILES string of the molecule is OCCN(CCO)CCSSCCN(CCO)CCO. The molecule has 8 heteroatoms. The van der Waals surface area contributed by atoms with Gasteiger partial charge >= 0.3 is 0 Å². The molecule has 0 saturated carbocycles. The lowest BCUT2D eigenvalue weighted by Gasteiger charge is -2.20. The Balaban J connectivity index is 3.53. The predicted molar refractivity (Wildman–Crippen MR) is 86.1 cm³/mol. The van der Waals surface area contributed by atoms with Crippen LogP contribution in [-0.4, -0.2) is 107 Å². The van der Waals surface area contributed by atoms with Crippen LogP contribution in [0.15, 0.2) is 0 Å². The van der Waals surface area contributed by atoms with Crippen molar-refractivity contribution in [3.05, 3.63) is 0 Å². The molecule has 0 heterocycles. The van der Waals surface area contributed by atoms with Gasteiger partial charge in [-0.1, -0.05) is 21.6 Å². The second-order valence-electron chi connectivity index (χ2n) is 4.22. The monoisotopic (exact) mass is 328 g/mol. The first-order valence-corrected chi connectivity index (χ1v) is 9.39. The van der Waals surface area contributed by atoms with E-state index < -0.39 is 0 Å². The minimum atomic E-state index is 0.120. The Morgan fingerprint density at radius 2 is 0.800 bits per heavy atom. The Morgan fingerprint density at radius 3 is 1.05 bits per heavy atom. The van der Waals surface area contributed by atoms with E-state index in [2.05, 4.69) is 0 Å². The molecule has 0 aromatic heterocycles. The van der Waals surface area contributed by atoms with Crippen molar-refractivity contribution in [2.24, 2.45) is 0 Å². The van der Waals surface area contributed by atoms with Crippen molar-refractivity contribution in [3.8, 4) is 0 Å². The van der Waals surface area contributed by atoms with Gasteiger partial charge in [0.25, 0.3) is 0 Å². The molecule has 0 fully saturated rings. The Bertz CT molecular complexity index is 172. The quantitative estimate of drug-likeness (QED) is 0.224. The first-order valence-electron chi connectivity index (χ1n) is 6.91. The lowest BCUT2D eigenvalue weighted by Crippen LogP contribution is -2.32. The number of rotatable bonds is 15. The van der Waals surface area contributed by atoms with Crippen LogP contribution in [0.4, 0.5) is 0 Å². The Morgan fingerprint density at radius 1 is 0.500 bits per heavy atom. The van der Waals surface area contributed by atoms with Gasteiger partial charge in [-0.25, -0.2) is 0 Å². The van der Waals surface area contributed by atoms with Gasteiger partial charge in [0.1, 0.15) is 0 Å². The molecule has 0 atom stereocenters. The average Bonchev–Trinajstić information content (AvgIpc) is 2.43. The van der Waals surface area contributed by atoms with Crippen molar-refractivity contribution in [3.63, 3.8) is 0 Å². The van der Waals surface area contributed by atoms with Gasteiger partial charge in [-0.3, -0.25) is 9.80 Å². The highest BCUT2D eigenvalue weighted by atomic mass is 33.1. The largest absolute Gasteiger partial charge is 0.395 e. The standard InChI is InChI=1S/C12H28N2O4S2/c15-7-1-13(2-8-16)5-11-19-20-12-6-14(3-9-17)4-10-18/h15-18H,1-12H2. The van der Waals surface area contributed by atoms with Crippen LogP contribution in [0, 0.1) is 0 Å². The summed E-state index contributed by atoms with van der Waals surface area (Å²) in [4.78, 5) is 4.08. The molecule has 0 unspecified atom stereocenters. The molecule has 4 N–H and O–H groups in total. The van der Waals surface area contributed by atoms with E-state index in [1.807, 2.05) is 9.80 Å². The average molecular weight is 329 g/mol. The highest BCUT2D eigenvalue weighted by Gasteiger charge is 2.05. The lowest BCUT2D eigenvalue weighted by atomic mass is 10.5. The fraction of sp³-hybridized carbons (Fsp3) is 1.00. The number of nitrogens with zero attached hydrogens (tertiary/aromatic N) is 2. The third-order valence-electron chi connectivity index (χ3n) is 2.73. The van der Waals surface area contributed by atoms with E-state index in [0.717, 1.165) is 24.6 Å². The molecule has 0 aromatic rings. The Kier molecular flexibility index (Phi) is 16.2. The highest BCUT2D eigenvalue weighted by molar-refractivity contribution is 8.76. The zero-order chi connectivity index (χ0) is 15.1. The molecule has 0 aliphatic heterocycles. The van der Waals surface area contributed by atoms with E-state index in [4.69, 9.17) is 20.4 Å². The molecule has 0 spiro atoms. The number of aliphatic hydroxyl groups excluding tert-OH is 4. The molecule has 6 nitrogen and oxygen atoms in total. The maximum absolute atomic E-state index is 8.88. The van der Waals surface area contributed by atoms with E-state index >= 15 is 0 Å². The van der Waals surface area contributed by atoms with Gasteiger partial charge in [-0.2, -0.15) is 0 Å². The van der Waals surface area contributed by atoms with Crippen molar-refractivity contribution in [1.29, 1.82) is 0 Å². The summed E-state index contributed by atoms with van der Waals surface area (Å²) >= 11 is 0. The van der Waals surface area contributed by atoms with Gasteiger partial charge in [-0.05, 0) is 0 Å². The van der Waals surface area contributed by atoms with Crippen LogP contribution in [0.3, 0.4) is 0 Å². The molecule has 20 heavy (non-hydrogen) atoms. The van der Waals surface area contributed by atoms with Crippen LogP contribution in [0.5, 0.6) is 0 Å². The lowest BCUT2D eigenvalue weighted by molar-refractivity contribution is 0.167. The van der Waals surface area contributed by atoms with Crippen LogP contribution in [0.1, 0.15) is 0 Å². The maximum Gasteiger partial charge on any atom is 0.0558 e. The summed E-state index contributed by atoms with van der Waals surface area (Å²) in [7, 11) is 3.54. The summed E-state index contributed by atoms with van der Waals surface area (Å²) in [6.45, 7) is 4.61. The van der Waals surface area contributed by atoms with E-state index in [0.29, 0.717) is 26.2 Å². The summed E-state index contributed by atoms with van der Waals surface area (Å²) in [5, 5.41) is 35.5. The third-order valence-corrected chi connectivity index (χ3v) is 5.10. The topological polar surface area (TPSA) is 87.4 Å². The fourth-order valence-corrected chi connectivity index (χ4v) is 3.74. The van der Waals surface area contributed by atoms with Gasteiger partial charge in [0.05, 0.1) is 26.4 Å². The van der Waals surface area contributed by atoms with E-state index in [9.17, 15) is 0 Å². The van der Waals surface area contributed by atoms with Crippen LogP contribution in [-0.2, 0) is 0 Å². The molecule has 0 radical (unpaired) electrons. The van der Waals surface area contributed by atoms with Crippen LogP contribution < -0.4 is 0 Å². The van der Waals surface area contributed by atoms with Gasteiger partial charge in [-0.15, -0.1) is 0 Å². The molecule has 0 amide bonds. The van der Waals surface area contributed by atoms with Crippen molar-refractivity contribution in [2.75, 3.05) is 77.2 Å². The Hall–Kier alpha value is 0.460. The van der Waals surface area contributed by atoms with Crippen molar-refractivity contribution in [1.82, 2.24) is 9.80 Å². The van der Waals surface area contributed by atoms with Crippen molar-refractivity contribution in [2.45, 2.75) is 0 Å². The zero-order valence-corrected chi connectivity index (χ0v) is 13.6. The summed E-state index contributed by atoms with van der Waals surface area (Å²) in [6.07, 6.45) is 0. The molecular weight excluding hydrogens is 300 g/mol. The fourth-order valence-electron chi connectivity index (χ4n) is 1.69. The maximum atomic E-state index is 8.88. The number of aliphatic hydroxyl groups is 4. The summed E-state index contributed by atoms with van der Waals surface area (Å²) < 4.78 is 0. The summed E-state index contributed by atoms with van der Waals surface area (Å²) in [5.74, 6) is 1.90. The third kappa shape index (κ3) is 12.2. The minimum absolute atomic E-state index is 0.120. The molecule has 0 saturated heterocycles. The van der Waals surface area contributed by atoms with Gasteiger partial charge in [0.15, 0.2) is 0 Å². The van der Waals surface area contributed by atoms with Gasteiger partial charge in [0, 0.05) is 50.8 Å². The van der Waals surface area contributed by atoms with Crippen LogP contribution >= 0.6 is 21.6 Å². The van der Waals surface area contributed by atoms with Gasteiger partial charge in [0.2, 0.25) is 0 Å². The van der Waals surface area contributed by atoms with E-state index in [1.165, 1.54) is 0 Å². The van der Waals surface area contributed by atoms with E-state index in [-0.39, 0.29) is 26.4 Å². The number of hydrogen-bond donors (Lipinski definition) is 4. The first kappa shape index (κ1) is 20.5. The number of hydrogen-bond acceptors (Lipinski definition) is 8. The van der Waals surface area contributed by atoms with E-state index in [1.54, 1.807) is 21.6 Å². The molecule has 0 aliphatic rings. The molecule has 0 aromatic carbocycles. The molecular formula is C12H28N2O4S2.